The molecule has 2 heterocycles. The molecule has 1 fully saturated rings. The molecule has 1 saturated heterocycles. The van der Waals surface area contributed by atoms with Crippen LogP contribution in [0.25, 0.3) is 10.1 Å². The maximum Gasteiger partial charge on any atom is 0.261 e. The molecule has 0 saturated carbocycles. The SMILES string of the molecule is CC(CN1CCCC1)NC(=O)c1cc2cc(N)ccc2s1. The second kappa shape index (κ2) is 6.03. The van der Waals surface area contributed by atoms with Gasteiger partial charge in [-0.2, -0.15) is 0 Å². The Hall–Kier alpha value is -1.59. The van der Waals surface area contributed by atoms with Crippen LogP contribution in [0.4, 0.5) is 5.69 Å². The van der Waals surface area contributed by atoms with E-state index in [1.165, 1.54) is 24.2 Å². The fourth-order valence-electron chi connectivity index (χ4n) is 2.87. The first-order chi connectivity index (χ1) is 10.1. The fraction of sp³-hybridized carbons (Fsp3) is 0.438. The van der Waals surface area contributed by atoms with Crippen molar-refractivity contribution in [2.45, 2.75) is 25.8 Å². The predicted molar refractivity (Wildman–Crippen MR) is 88.8 cm³/mol. The van der Waals surface area contributed by atoms with Gasteiger partial charge in [-0.15, -0.1) is 11.3 Å². The van der Waals surface area contributed by atoms with Gasteiger partial charge in [0.1, 0.15) is 0 Å². The van der Waals surface area contributed by atoms with Gasteiger partial charge in [-0.1, -0.05) is 0 Å². The van der Waals surface area contributed by atoms with Gasteiger partial charge in [-0.05, 0) is 62.5 Å². The van der Waals surface area contributed by atoms with Gasteiger partial charge >= 0.3 is 0 Å². The summed E-state index contributed by atoms with van der Waals surface area (Å²) in [5.74, 6) is 0.0152. The van der Waals surface area contributed by atoms with E-state index in [4.69, 9.17) is 5.73 Å². The average Bonchev–Trinajstić information content (AvgIpc) is 3.06. The number of fused-ring (bicyclic) bond motifs is 1. The van der Waals surface area contributed by atoms with Gasteiger partial charge in [-0.25, -0.2) is 0 Å². The lowest BCUT2D eigenvalue weighted by Gasteiger charge is -2.20. The summed E-state index contributed by atoms with van der Waals surface area (Å²) < 4.78 is 1.10. The van der Waals surface area contributed by atoms with Crippen molar-refractivity contribution < 1.29 is 4.79 Å². The molecule has 5 heteroatoms. The zero-order valence-corrected chi connectivity index (χ0v) is 13.1. The molecule has 1 atom stereocenters. The number of hydrogen-bond donors (Lipinski definition) is 2. The number of rotatable bonds is 4. The number of nitrogens with two attached hydrogens (primary N) is 1. The summed E-state index contributed by atoms with van der Waals surface area (Å²) in [5.41, 5.74) is 6.51. The highest BCUT2D eigenvalue weighted by molar-refractivity contribution is 7.20. The van der Waals surface area contributed by atoms with E-state index in [2.05, 4.69) is 17.1 Å². The van der Waals surface area contributed by atoms with Crippen molar-refractivity contribution in [2.24, 2.45) is 0 Å². The maximum atomic E-state index is 12.3. The van der Waals surface area contributed by atoms with Crippen molar-refractivity contribution in [3.8, 4) is 0 Å². The highest BCUT2D eigenvalue weighted by Crippen LogP contribution is 2.27. The molecule has 1 aromatic carbocycles. The number of anilines is 1. The summed E-state index contributed by atoms with van der Waals surface area (Å²) in [6, 6.07) is 7.85. The number of amides is 1. The van der Waals surface area contributed by atoms with Crippen LogP contribution in [0, 0.1) is 0 Å². The molecular formula is C16H21N3OS. The Morgan fingerprint density at radius 3 is 2.90 bits per heavy atom. The molecule has 112 valence electrons. The van der Waals surface area contributed by atoms with Crippen molar-refractivity contribution in [1.82, 2.24) is 10.2 Å². The summed E-state index contributed by atoms with van der Waals surface area (Å²) >= 11 is 1.52. The van der Waals surface area contributed by atoms with Gasteiger partial charge in [0, 0.05) is 23.0 Å². The molecule has 1 unspecified atom stereocenters. The minimum atomic E-state index is 0.0152. The zero-order valence-electron chi connectivity index (χ0n) is 12.3. The third-order valence-electron chi connectivity index (χ3n) is 3.87. The number of thiophene rings is 1. The Bertz CT molecular complexity index is 646. The van der Waals surface area contributed by atoms with Gasteiger partial charge in [0.2, 0.25) is 0 Å². The topological polar surface area (TPSA) is 58.4 Å². The van der Waals surface area contributed by atoms with Crippen molar-refractivity contribution >= 4 is 33.0 Å². The van der Waals surface area contributed by atoms with Crippen LogP contribution in [0.15, 0.2) is 24.3 Å². The molecule has 1 amide bonds. The van der Waals surface area contributed by atoms with Gasteiger partial charge in [0.25, 0.3) is 5.91 Å². The Morgan fingerprint density at radius 1 is 1.38 bits per heavy atom. The minimum Gasteiger partial charge on any atom is -0.399 e. The molecule has 21 heavy (non-hydrogen) atoms. The van der Waals surface area contributed by atoms with Crippen molar-refractivity contribution in [3.63, 3.8) is 0 Å². The van der Waals surface area contributed by atoms with E-state index in [0.29, 0.717) is 0 Å². The van der Waals surface area contributed by atoms with Crippen LogP contribution in [0.1, 0.15) is 29.4 Å². The molecule has 3 rings (SSSR count). The van der Waals surface area contributed by atoms with Crippen molar-refractivity contribution in [3.05, 3.63) is 29.1 Å². The van der Waals surface area contributed by atoms with E-state index >= 15 is 0 Å². The zero-order chi connectivity index (χ0) is 14.8. The third kappa shape index (κ3) is 3.36. The summed E-state index contributed by atoms with van der Waals surface area (Å²) in [4.78, 5) is 15.5. The van der Waals surface area contributed by atoms with Crippen LogP contribution in [-0.2, 0) is 0 Å². The molecule has 1 aromatic heterocycles. The first-order valence-electron chi connectivity index (χ1n) is 7.44. The van der Waals surface area contributed by atoms with E-state index in [1.54, 1.807) is 0 Å². The molecule has 0 spiro atoms. The number of benzene rings is 1. The molecule has 0 bridgehead atoms. The van der Waals surface area contributed by atoms with Crippen LogP contribution in [-0.4, -0.2) is 36.5 Å². The Kier molecular flexibility index (Phi) is 4.12. The van der Waals surface area contributed by atoms with E-state index in [-0.39, 0.29) is 11.9 Å². The second-order valence-corrected chi connectivity index (χ2v) is 6.87. The van der Waals surface area contributed by atoms with E-state index in [1.807, 2.05) is 24.3 Å². The first kappa shape index (κ1) is 14.4. The molecule has 2 aromatic rings. The van der Waals surface area contributed by atoms with Crippen LogP contribution >= 0.6 is 11.3 Å². The Balaban J connectivity index is 1.65. The van der Waals surface area contributed by atoms with Gasteiger partial charge in [0.15, 0.2) is 0 Å². The lowest BCUT2D eigenvalue weighted by molar-refractivity contribution is 0.0936. The normalized spacial score (nSPS) is 17.2. The highest BCUT2D eigenvalue weighted by Gasteiger charge is 2.17. The van der Waals surface area contributed by atoms with Gasteiger partial charge < -0.3 is 16.0 Å². The second-order valence-electron chi connectivity index (χ2n) is 5.79. The lowest BCUT2D eigenvalue weighted by Crippen LogP contribution is -2.40. The van der Waals surface area contributed by atoms with Crippen molar-refractivity contribution in [2.75, 3.05) is 25.4 Å². The maximum absolute atomic E-state index is 12.3. The third-order valence-corrected chi connectivity index (χ3v) is 4.99. The van der Waals surface area contributed by atoms with Gasteiger partial charge in [0.05, 0.1) is 4.88 Å². The predicted octanol–water partition coefficient (Wildman–Crippen LogP) is 2.70. The number of nitrogens with one attached hydrogen (secondary N) is 1. The summed E-state index contributed by atoms with van der Waals surface area (Å²) in [6.07, 6.45) is 2.55. The molecule has 4 nitrogen and oxygen atoms in total. The highest BCUT2D eigenvalue weighted by atomic mass is 32.1. The molecule has 1 aliphatic rings. The monoisotopic (exact) mass is 303 g/mol. The van der Waals surface area contributed by atoms with Crippen LogP contribution in [0.2, 0.25) is 0 Å². The minimum absolute atomic E-state index is 0.0152. The fourth-order valence-corrected chi connectivity index (χ4v) is 3.81. The van der Waals surface area contributed by atoms with Crippen LogP contribution < -0.4 is 11.1 Å². The number of nitrogen functional groups attached to an aromatic ring is 1. The Labute approximate surface area is 128 Å². The van der Waals surface area contributed by atoms with Crippen LogP contribution in [0.3, 0.4) is 0 Å². The van der Waals surface area contributed by atoms with Crippen LogP contribution in [0.5, 0.6) is 0 Å². The number of nitrogens with zero attached hydrogens (tertiary/aromatic N) is 1. The summed E-state index contributed by atoms with van der Waals surface area (Å²) in [6.45, 7) is 5.32. The Morgan fingerprint density at radius 2 is 2.14 bits per heavy atom. The standard InChI is InChI=1S/C16H21N3OS/c1-11(10-19-6-2-3-7-19)18-16(20)15-9-12-8-13(17)4-5-14(12)21-15/h4-5,8-9,11H,2-3,6-7,10,17H2,1H3,(H,18,20). The quantitative estimate of drug-likeness (QED) is 0.854. The average molecular weight is 303 g/mol. The summed E-state index contributed by atoms with van der Waals surface area (Å²) in [5, 5.41) is 4.14. The molecule has 0 radical (unpaired) electrons. The van der Waals surface area contributed by atoms with E-state index in [0.717, 1.165) is 40.3 Å². The molecule has 1 aliphatic heterocycles. The van der Waals surface area contributed by atoms with Crippen molar-refractivity contribution in [1.29, 1.82) is 0 Å². The lowest BCUT2D eigenvalue weighted by atomic mass is 10.2. The van der Waals surface area contributed by atoms with E-state index in [9.17, 15) is 4.79 Å². The largest absolute Gasteiger partial charge is 0.399 e. The molecule has 0 aliphatic carbocycles. The van der Waals surface area contributed by atoms with Gasteiger partial charge in [-0.3, -0.25) is 4.79 Å². The smallest absolute Gasteiger partial charge is 0.261 e. The molecule has 3 N–H and O–H groups in total. The summed E-state index contributed by atoms with van der Waals surface area (Å²) in [7, 11) is 0. The number of likely N-dealkylation sites (tertiary alicyclic amines) is 1. The number of carbonyl (C=O) groups excluding carboxylic acids is 1. The number of hydrogen-bond acceptors (Lipinski definition) is 4. The first-order valence-corrected chi connectivity index (χ1v) is 8.26. The van der Waals surface area contributed by atoms with E-state index < -0.39 is 0 Å². The molecular weight excluding hydrogens is 282 g/mol. The number of carbonyl (C=O) groups is 1.